The standard InChI is InChI=1S/C14H26N2O3/c1-11(2)8-10-16(12-6-7-12)14(19)15(3)9-4-5-13(17)18/h11-12H,4-10H2,1-3H3,(H,17,18). The van der Waals surface area contributed by atoms with Crippen molar-refractivity contribution >= 4 is 12.0 Å². The molecule has 0 aromatic carbocycles. The van der Waals surface area contributed by atoms with Crippen LogP contribution >= 0.6 is 0 Å². The smallest absolute Gasteiger partial charge is 0.319 e. The molecule has 19 heavy (non-hydrogen) atoms. The molecule has 1 aliphatic rings. The maximum Gasteiger partial charge on any atom is 0.319 e. The van der Waals surface area contributed by atoms with Gasteiger partial charge in [0, 0.05) is 32.6 Å². The zero-order valence-electron chi connectivity index (χ0n) is 12.3. The van der Waals surface area contributed by atoms with Crippen molar-refractivity contribution in [1.82, 2.24) is 9.80 Å². The van der Waals surface area contributed by atoms with Gasteiger partial charge in [0.15, 0.2) is 0 Å². The number of hydrogen-bond donors (Lipinski definition) is 1. The quantitative estimate of drug-likeness (QED) is 0.736. The Labute approximate surface area is 115 Å². The fourth-order valence-corrected chi connectivity index (χ4v) is 2.00. The Balaban J connectivity index is 2.39. The minimum atomic E-state index is -0.806. The maximum atomic E-state index is 12.3. The molecule has 1 aliphatic carbocycles. The summed E-state index contributed by atoms with van der Waals surface area (Å²) in [5.74, 6) is -0.217. The molecule has 1 rings (SSSR count). The van der Waals surface area contributed by atoms with Gasteiger partial charge in [0.2, 0.25) is 0 Å². The van der Waals surface area contributed by atoms with Crippen LogP contribution in [0.3, 0.4) is 0 Å². The van der Waals surface area contributed by atoms with Gasteiger partial charge in [0.05, 0.1) is 0 Å². The Bertz CT molecular complexity index is 314. The molecule has 0 bridgehead atoms. The Morgan fingerprint density at radius 1 is 1.26 bits per heavy atom. The van der Waals surface area contributed by atoms with Gasteiger partial charge in [-0.25, -0.2) is 4.79 Å². The number of carbonyl (C=O) groups excluding carboxylic acids is 1. The van der Waals surface area contributed by atoms with Crippen molar-refractivity contribution in [2.75, 3.05) is 20.1 Å². The highest BCUT2D eigenvalue weighted by molar-refractivity contribution is 5.75. The second kappa shape index (κ2) is 7.36. The Kier molecular flexibility index (Phi) is 6.12. The number of amides is 2. The number of carboxylic acids is 1. The molecule has 0 saturated heterocycles. The van der Waals surface area contributed by atoms with Crippen LogP contribution in [0.2, 0.25) is 0 Å². The van der Waals surface area contributed by atoms with Crippen molar-refractivity contribution in [2.24, 2.45) is 5.92 Å². The van der Waals surface area contributed by atoms with Gasteiger partial charge in [-0.05, 0) is 31.6 Å². The Hall–Kier alpha value is -1.26. The fraction of sp³-hybridized carbons (Fsp3) is 0.857. The molecule has 0 atom stereocenters. The number of urea groups is 1. The van der Waals surface area contributed by atoms with Crippen LogP contribution in [-0.2, 0) is 4.79 Å². The van der Waals surface area contributed by atoms with Crippen LogP contribution < -0.4 is 0 Å². The molecule has 0 aromatic rings. The molecule has 0 unspecified atom stereocenters. The minimum Gasteiger partial charge on any atom is -0.481 e. The van der Waals surface area contributed by atoms with E-state index in [4.69, 9.17) is 5.11 Å². The highest BCUT2D eigenvalue weighted by Crippen LogP contribution is 2.28. The second-order valence-electron chi connectivity index (χ2n) is 5.81. The third-order valence-electron chi connectivity index (χ3n) is 3.39. The molecule has 1 saturated carbocycles. The second-order valence-corrected chi connectivity index (χ2v) is 5.81. The lowest BCUT2D eigenvalue weighted by Gasteiger charge is -2.28. The van der Waals surface area contributed by atoms with Crippen molar-refractivity contribution in [3.63, 3.8) is 0 Å². The zero-order chi connectivity index (χ0) is 14.4. The van der Waals surface area contributed by atoms with Crippen molar-refractivity contribution in [1.29, 1.82) is 0 Å². The largest absolute Gasteiger partial charge is 0.481 e. The molecule has 0 aliphatic heterocycles. The van der Waals surface area contributed by atoms with E-state index in [-0.39, 0.29) is 12.5 Å². The summed E-state index contributed by atoms with van der Waals surface area (Å²) in [4.78, 5) is 26.4. The number of nitrogens with zero attached hydrogens (tertiary/aromatic N) is 2. The topological polar surface area (TPSA) is 60.9 Å². The molecule has 5 heteroatoms. The highest BCUT2D eigenvalue weighted by Gasteiger charge is 2.33. The van der Waals surface area contributed by atoms with Gasteiger partial charge in [-0.15, -0.1) is 0 Å². The monoisotopic (exact) mass is 270 g/mol. The van der Waals surface area contributed by atoms with E-state index in [2.05, 4.69) is 13.8 Å². The summed E-state index contributed by atoms with van der Waals surface area (Å²) in [5.41, 5.74) is 0. The molecule has 5 nitrogen and oxygen atoms in total. The van der Waals surface area contributed by atoms with Gasteiger partial charge in [0.1, 0.15) is 0 Å². The van der Waals surface area contributed by atoms with Crippen LogP contribution in [0.5, 0.6) is 0 Å². The third-order valence-corrected chi connectivity index (χ3v) is 3.39. The number of hydrogen-bond acceptors (Lipinski definition) is 2. The van der Waals surface area contributed by atoms with Crippen LogP contribution in [0.15, 0.2) is 0 Å². The maximum absolute atomic E-state index is 12.3. The summed E-state index contributed by atoms with van der Waals surface area (Å²) >= 11 is 0. The van der Waals surface area contributed by atoms with Crippen LogP contribution in [0.1, 0.15) is 46.0 Å². The summed E-state index contributed by atoms with van der Waals surface area (Å²) in [7, 11) is 1.76. The van der Waals surface area contributed by atoms with Gasteiger partial charge in [-0.2, -0.15) is 0 Å². The predicted octanol–water partition coefficient (Wildman–Crippen LogP) is 2.41. The predicted molar refractivity (Wildman–Crippen MR) is 74.1 cm³/mol. The first-order chi connectivity index (χ1) is 8.91. The lowest BCUT2D eigenvalue weighted by atomic mass is 10.1. The summed E-state index contributed by atoms with van der Waals surface area (Å²) < 4.78 is 0. The first-order valence-corrected chi connectivity index (χ1v) is 7.15. The highest BCUT2D eigenvalue weighted by atomic mass is 16.4. The van der Waals surface area contributed by atoms with E-state index in [0.717, 1.165) is 25.8 Å². The number of carboxylic acid groups (broad SMARTS) is 1. The van der Waals surface area contributed by atoms with E-state index in [1.807, 2.05) is 4.90 Å². The average molecular weight is 270 g/mol. The van der Waals surface area contributed by atoms with Crippen LogP contribution in [0.25, 0.3) is 0 Å². The lowest BCUT2D eigenvalue weighted by Crippen LogP contribution is -2.43. The van der Waals surface area contributed by atoms with E-state index in [0.29, 0.717) is 24.9 Å². The van der Waals surface area contributed by atoms with E-state index in [9.17, 15) is 9.59 Å². The number of aliphatic carboxylic acids is 1. The normalized spacial score (nSPS) is 14.5. The van der Waals surface area contributed by atoms with Crippen molar-refractivity contribution in [2.45, 2.75) is 52.0 Å². The number of rotatable bonds is 8. The summed E-state index contributed by atoms with van der Waals surface area (Å²) in [5, 5.41) is 8.60. The fourth-order valence-electron chi connectivity index (χ4n) is 2.00. The van der Waals surface area contributed by atoms with Gasteiger partial charge in [-0.1, -0.05) is 13.8 Å². The third kappa shape index (κ3) is 5.94. The van der Waals surface area contributed by atoms with Gasteiger partial charge in [-0.3, -0.25) is 4.79 Å². The lowest BCUT2D eigenvalue weighted by molar-refractivity contribution is -0.137. The van der Waals surface area contributed by atoms with Crippen LogP contribution in [-0.4, -0.2) is 53.1 Å². The molecule has 2 amide bonds. The molecule has 0 heterocycles. The van der Waals surface area contributed by atoms with Crippen LogP contribution in [0, 0.1) is 5.92 Å². The number of carbonyl (C=O) groups is 2. The first-order valence-electron chi connectivity index (χ1n) is 7.15. The van der Waals surface area contributed by atoms with Gasteiger partial charge < -0.3 is 14.9 Å². The van der Waals surface area contributed by atoms with Gasteiger partial charge >= 0.3 is 12.0 Å². The van der Waals surface area contributed by atoms with E-state index in [1.165, 1.54) is 0 Å². The van der Waals surface area contributed by atoms with Gasteiger partial charge in [0.25, 0.3) is 0 Å². The molecule has 110 valence electrons. The molecule has 0 radical (unpaired) electrons. The summed E-state index contributed by atoms with van der Waals surface area (Å²) in [6.07, 6.45) is 3.86. The molecule has 1 fully saturated rings. The van der Waals surface area contributed by atoms with Crippen LogP contribution in [0.4, 0.5) is 4.79 Å². The SMILES string of the molecule is CC(C)CCN(C(=O)N(C)CCCC(=O)O)C1CC1. The summed E-state index contributed by atoms with van der Waals surface area (Å²) in [6, 6.07) is 0.460. The molecule has 0 aromatic heterocycles. The molecule has 1 N–H and O–H groups in total. The average Bonchev–Trinajstić information content (AvgIpc) is 3.12. The molecular formula is C14H26N2O3. The van der Waals surface area contributed by atoms with Crippen molar-refractivity contribution in [3.8, 4) is 0 Å². The van der Waals surface area contributed by atoms with Crippen molar-refractivity contribution in [3.05, 3.63) is 0 Å². The first kappa shape index (κ1) is 15.8. The molecular weight excluding hydrogens is 244 g/mol. The van der Waals surface area contributed by atoms with E-state index < -0.39 is 5.97 Å². The van der Waals surface area contributed by atoms with E-state index >= 15 is 0 Å². The van der Waals surface area contributed by atoms with Crippen molar-refractivity contribution < 1.29 is 14.7 Å². The molecule has 0 spiro atoms. The minimum absolute atomic E-state index is 0.0496. The zero-order valence-corrected chi connectivity index (χ0v) is 12.3. The Morgan fingerprint density at radius 2 is 1.89 bits per heavy atom. The van der Waals surface area contributed by atoms with E-state index in [1.54, 1.807) is 11.9 Å². The Morgan fingerprint density at radius 3 is 2.37 bits per heavy atom. The summed E-state index contributed by atoms with van der Waals surface area (Å²) in [6.45, 7) is 5.64.